The maximum atomic E-state index is 4.38. The van der Waals surface area contributed by atoms with Gasteiger partial charge in [0.05, 0.1) is 18.1 Å². The normalized spacial score (nSPS) is 12.3. The molecule has 0 unspecified atom stereocenters. The summed E-state index contributed by atoms with van der Waals surface area (Å²) in [4.78, 5) is 4.38. The fourth-order valence-corrected chi connectivity index (χ4v) is 1.18. The van der Waals surface area contributed by atoms with E-state index in [0.717, 1.165) is 11.3 Å². The van der Waals surface area contributed by atoms with E-state index in [1.54, 1.807) is 30.7 Å². The molecule has 0 radical (unpaired) electrons. The zero-order valence-electron chi connectivity index (χ0n) is 9.09. The summed E-state index contributed by atoms with van der Waals surface area (Å²) >= 11 is 0. The predicted octanol–water partition coefficient (Wildman–Crippen LogP) is 2.62. The Bertz CT molecular complexity index is 364. The molecule has 0 fully saturated rings. The molecule has 15 heavy (non-hydrogen) atoms. The van der Waals surface area contributed by atoms with Crippen LogP contribution in [0.5, 0.6) is 0 Å². The van der Waals surface area contributed by atoms with Crippen molar-refractivity contribution in [3.63, 3.8) is 0 Å². The highest BCUT2D eigenvalue weighted by Gasteiger charge is 2.07. The second kappa shape index (κ2) is 5.86. The first-order valence-electron chi connectivity index (χ1n) is 4.88. The van der Waals surface area contributed by atoms with Gasteiger partial charge in [-0.05, 0) is 18.1 Å². The smallest absolute Gasteiger partial charge is 0.0587 e. The quantitative estimate of drug-likeness (QED) is 0.554. The number of hydrogen-bond acceptors (Lipinski definition) is 3. The molecule has 0 aliphatic carbocycles. The van der Waals surface area contributed by atoms with E-state index >= 15 is 0 Å². The summed E-state index contributed by atoms with van der Waals surface area (Å²) in [5.74, 6) is 0.351. The van der Waals surface area contributed by atoms with Gasteiger partial charge in [-0.3, -0.25) is 4.99 Å². The summed E-state index contributed by atoms with van der Waals surface area (Å²) in [5.41, 5.74) is 2.01. The first-order chi connectivity index (χ1) is 7.25. The number of nitrogens with zero attached hydrogens (tertiary/aromatic N) is 3. The number of hydrogen-bond donors (Lipinski definition) is 0. The lowest BCUT2D eigenvalue weighted by Gasteiger charge is -2.07. The van der Waals surface area contributed by atoms with Gasteiger partial charge in [-0.15, -0.1) is 0 Å². The van der Waals surface area contributed by atoms with Crippen molar-refractivity contribution in [2.75, 3.05) is 0 Å². The third kappa shape index (κ3) is 3.46. The van der Waals surface area contributed by atoms with Crippen LogP contribution in [0.1, 0.15) is 19.4 Å². The first kappa shape index (κ1) is 11.3. The van der Waals surface area contributed by atoms with E-state index in [9.17, 15) is 0 Å². The Labute approximate surface area is 90.3 Å². The average Bonchev–Trinajstić information content (AvgIpc) is 2.25. The number of aromatic nitrogens is 2. The largest absolute Gasteiger partial charge is 0.260 e. The van der Waals surface area contributed by atoms with E-state index in [2.05, 4.69) is 35.6 Å². The SMILES string of the molecule is C=C/C=C\N=C(c1ccnnc1)C(C)C. The van der Waals surface area contributed by atoms with Gasteiger partial charge in [-0.25, -0.2) is 0 Å². The van der Waals surface area contributed by atoms with Crippen molar-refractivity contribution in [2.45, 2.75) is 13.8 Å². The molecule has 1 aromatic heterocycles. The first-order valence-corrected chi connectivity index (χ1v) is 4.88. The van der Waals surface area contributed by atoms with Crippen molar-refractivity contribution in [3.8, 4) is 0 Å². The standard InChI is InChI=1S/C12H15N3/c1-4-5-7-13-12(10(2)3)11-6-8-14-15-9-11/h4-10H,1H2,2-3H3/b7-5-,13-12?. The van der Waals surface area contributed by atoms with Crippen LogP contribution in [-0.2, 0) is 0 Å². The number of rotatable bonds is 4. The summed E-state index contributed by atoms with van der Waals surface area (Å²) in [6.45, 7) is 7.79. The maximum Gasteiger partial charge on any atom is 0.0587 e. The molecule has 0 saturated heterocycles. The van der Waals surface area contributed by atoms with Crippen molar-refractivity contribution in [1.82, 2.24) is 10.2 Å². The summed E-state index contributed by atoms with van der Waals surface area (Å²) in [6, 6.07) is 1.91. The molecule has 3 heteroatoms. The van der Waals surface area contributed by atoms with E-state index in [0.29, 0.717) is 5.92 Å². The van der Waals surface area contributed by atoms with Crippen molar-refractivity contribution < 1.29 is 0 Å². The van der Waals surface area contributed by atoms with Crippen molar-refractivity contribution in [1.29, 1.82) is 0 Å². The zero-order valence-corrected chi connectivity index (χ0v) is 9.09. The molecule has 1 rings (SSSR count). The summed E-state index contributed by atoms with van der Waals surface area (Å²) in [6.07, 6.45) is 8.64. The van der Waals surface area contributed by atoms with Gasteiger partial charge in [0.1, 0.15) is 0 Å². The third-order valence-corrected chi connectivity index (χ3v) is 1.86. The molecule has 0 amide bonds. The summed E-state index contributed by atoms with van der Waals surface area (Å²) in [5, 5.41) is 7.59. The van der Waals surface area contributed by atoms with Crippen molar-refractivity contribution in [2.24, 2.45) is 10.9 Å². The minimum atomic E-state index is 0.351. The minimum Gasteiger partial charge on any atom is -0.260 e. The van der Waals surface area contributed by atoms with Crippen molar-refractivity contribution in [3.05, 3.63) is 49.0 Å². The van der Waals surface area contributed by atoms with Gasteiger partial charge >= 0.3 is 0 Å². The Morgan fingerprint density at radius 2 is 2.27 bits per heavy atom. The molecule has 78 valence electrons. The lowest BCUT2D eigenvalue weighted by molar-refractivity contribution is 0.880. The molecular weight excluding hydrogens is 186 g/mol. The van der Waals surface area contributed by atoms with E-state index in [1.165, 1.54) is 0 Å². The molecule has 0 spiro atoms. The molecule has 0 bridgehead atoms. The van der Waals surface area contributed by atoms with Gasteiger partial charge in [0, 0.05) is 11.8 Å². The molecule has 0 N–H and O–H groups in total. The Balaban J connectivity index is 2.98. The monoisotopic (exact) mass is 201 g/mol. The maximum absolute atomic E-state index is 4.38. The molecule has 0 aromatic carbocycles. The van der Waals surface area contributed by atoms with Gasteiger partial charge in [0.25, 0.3) is 0 Å². The predicted molar refractivity (Wildman–Crippen MR) is 62.7 cm³/mol. The Morgan fingerprint density at radius 3 is 2.80 bits per heavy atom. The summed E-state index contributed by atoms with van der Waals surface area (Å²) in [7, 11) is 0. The van der Waals surface area contributed by atoms with Gasteiger partial charge in [0.2, 0.25) is 0 Å². The minimum absolute atomic E-state index is 0.351. The van der Waals surface area contributed by atoms with Crippen LogP contribution < -0.4 is 0 Å². The molecular formula is C12H15N3. The Kier molecular flexibility index (Phi) is 4.41. The topological polar surface area (TPSA) is 38.1 Å². The molecule has 0 atom stereocenters. The van der Waals surface area contributed by atoms with Crippen LogP contribution in [0.2, 0.25) is 0 Å². The second-order valence-corrected chi connectivity index (χ2v) is 3.38. The second-order valence-electron chi connectivity index (χ2n) is 3.38. The lowest BCUT2D eigenvalue weighted by atomic mass is 10.0. The fourth-order valence-electron chi connectivity index (χ4n) is 1.18. The fraction of sp³-hybridized carbons (Fsp3) is 0.250. The van der Waals surface area contributed by atoms with Gasteiger partial charge < -0.3 is 0 Å². The third-order valence-electron chi connectivity index (χ3n) is 1.86. The van der Waals surface area contributed by atoms with Crippen molar-refractivity contribution >= 4 is 5.71 Å². The van der Waals surface area contributed by atoms with Gasteiger partial charge in [0.15, 0.2) is 0 Å². The lowest BCUT2D eigenvalue weighted by Crippen LogP contribution is -2.09. The van der Waals surface area contributed by atoms with Gasteiger partial charge in [-0.1, -0.05) is 26.5 Å². The molecule has 1 heterocycles. The summed E-state index contributed by atoms with van der Waals surface area (Å²) < 4.78 is 0. The van der Waals surface area contributed by atoms with E-state index in [4.69, 9.17) is 0 Å². The molecule has 0 aliphatic heterocycles. The van der Waals surface area contributed by atoms with Crippen LogP contribution in [0.25, 0.3) is 0 Å². The molecule has 3 nitrogen and oxygen atoms in total. The zero-order chi connectivity index (χ0) is 11.1. The molecule has 0 saturated carbocycles. The van der Waals surface area contributed by atoms with Crippen LogP contribution in [0.4, 0.5) is 0 Å². The Hall–Kier alpha value is -1.77. The van der Waals surface area contributed by atoms with Crippen LogP contribution in [0, 0.1) is 5.92 Å². The number of aliphatic imine (C=N–C) groups is 1. The van der Waals surface area contributed by atoms with E-state index < -0.39 is 0 Å². The highest BCUT2D eigenvalue weighted by atomic mass is 15.1. The van der Waals surface area contributed by atoms with Gasteiger partial charge in [-0.2, -0.15) is 10.2 Å². The van der Waals surface area contributed by atoms with Crippen LogP contribution in [0.3, 0.4) is 0 Å². The Morgan fingerprint density at radius 1 is 1.47 bits per heavy atom. The average molecular weight is 201 g/mol. The van der Waals surface area contributed by atoms with Crippen LogP contribution >= 0.6 is 0 Å². The molecule has 0 aliphatic rings. The van der Waals surface area contributed by atoms with Crippen LogP contribution in [-0.4, -0.2) is 15.9 Å². The van der Waals surface area contributed by atoms with Crippen LogP contribution in [0.15, 0.2) is 48.4 Å². The van der Waals surface area contributed by atoms with E-state index in [1.807, 2.05) is 6.07 Å². The van der Waals surface area contributed by atoms with E-state index in [-0.39, 0.29) is 0 Å². The molecule has 1 aromatic rings. The highest BCUT2D eigenvalue weighted by Crippen LogP contribution is 2.08. The number of allylic oxidation sites excluding steroid dienone is 2. The highest BCUT2D eigenvalue weighted by molar-refractivity contribution is 6.01.